The molecule has 178 valence electrons. The maximum atomic E-state index is 10.0. The lowest BCUT2D eigenvalue weighted by atomic mass is 9.94. The Hall–Kier alpha value is -4.68. The lowest BCUT2D eigenvalue weighted by molar-refractivity contribution is -0.660. The molecule has 0 bridgehead atoms. The molecule has 0 radical (unpaired) electrons. The molecular weight excluding hydrogens is 452 g/mol. The first-order valence-corrected chi connectivity index (χ1v) is 12.5. The zero-order chi connectivity index (χ0) is 25.7. The van der Waals surface area contributed by atoms with Gasteiger partial charge in [-0.1, -0.05) is 60.7 Å². The molecule has 0 saturated carbocycles. The third kappa shape index (κ3) is 3.70. The molecule has 6 aromatic rings. The van der Waals surface area contributed by atoms with Crippen LogP contribution in [0.25, 0.3) is 55.4 Å². The van der Waals surface area contributed by atoms with E-state index in [1.807, 2.05) is 12.1 Å². The molecule has 0 unspecified atom stereocenters. The number of hydrogen-bond donors (Lipinski definition) is 0. The van der Waals surface area contributed by atoms with Crippen LogP contribution in [0.2, 0.25) is 0 Å². The molecule has 0 saturated heterocycles. The molecule has 0 N–H and O–H groups in total. The summed E-state index contributed by atoms with van der Waals surface area (Å²) in [6.45, 7) is 6.35. The number of pyridine rings is 1. The zero-order valence-corrected chi connectivity index (χ0v) is 21.5. The molecule has 0 spiro atoms. The molecule has 3 heteroatoms. The van der Waals surface area contributed by atoms with Gasteiger partial charge in [0.2, 0.25) is 5.69 Å². The summed E-state index contributed by atoms with van der Waals surface area (Å²) in [6.07, 6.45) is 2.08. The monoisotopic (exact) mass is 479 g/mol. The van der Waals surface area contributed by atoms with E-state index in [4.69, 9.17) is 4.42 Å². The number of nitriles is 1. The normalized spacial score (nSPS) is 11.2. The maximum Gasteiger partial charge on any atom is 0.216 e. The molecule has 0 aliphatic carbocycles. The van der Waals surface area contributed by atoms with Crippen molar-refractivity contribution in [1.29, 1.82) is 5.26 Å². The fraction of sp³-hybridized carbons (Fsp3) is 0.118. The molecule has 2 heterocycles. The first kappa shape index (κ1) is 22.8. The van der Waals surface area contributed by atoms with Gasteiger partial charge in [0.05, 0.1) is 17.2 Å². The van der Waals surface area contributed by atoms with Crippen LogP contribution in [0, 0.1) is 32.1 Å². The Morgan fingerprint density at radius 3 is 2.11 bits per heavy atom. The third-order valence-corrected chi connectivity index (χ3v) is 7.33. The number of rotatable bonds is 3. The van der Waals surface area contributed by atoms with Crippen molar-refractivity contribution in [3.63, 3.8) is 0 Å². The molecule has 0 fully saturated rings. The van der Waals surface area contributed by atoms with Gasteiger partial charge in [-0.25, -0.2) is 4.57 Å². The number of hydrogen-bond acceptors (Lipinski definition) is 2. The molecular formula is C34H27N2O+. The highest BCUT2D eigenvalue weighted by Crippen LogP contribution is 2.42. The second-order valence-electron chi connectivity index (χ2n) is 9.81. The van der Waals surface area contributed by atoms with E-state index in [-0.39, 0.29) is 0 Å². The van der Waals surface area contributed by atoms with E-state index in [0.29, 0.717) is 5.56 Å². The molecule has 0 aliphatic heterocycles. The molecule has 0 aliphatic rings. The molecule has 37 heavy (non-hydrogen) atoms. The second kappa shape index (κ2) is 8.76. The van der Waals surface area contributed by atoms with E-state index in [9.17, 15) is 5.26 Å². The largest absolute Gasteiger partial charge is 0.454 e. The summed E-state index contributed by atoms with van der Waals surface area (Å²) < 4.78 is 8.84. The average molecular weight is 480 g/mol. The van der Waals surface area contributed by atoms with Crippen LogP contribution < -0.4 is 4.57 Å². The molecule has 0 amide bonds. The van der Waals surface area contributed by atoms with Crippen LogP contribution in [0.3, 0.4) is 0 Å². The number of benzene rings is 4. The number of furan rings is 1. The van der Waals surface area contributed by atoms with Crippen molar-refractivity contribution in [2.45, 2.75) is 20.8 Å². The minimum atomic E-state index is 0.606. The molecule has 0 atom stereocenters. The second-order valence-corrected chi connectivity index (χ2v) is 9.81. The first-order valence-electron chi connectivity index (χ1n) is 12.5. The van der Waals surface area contributed by atoms with E-state index in [1.165, 1.54) is 16.7 Å². The van der Waals surface area contributed by atoms with E-state index < -0.39 is 0 Å². The summed E-state index contributed by atoms with van der Waals surface area (Å²) in [5.74, 6) is 0. The van der Waals surface area contributed by atoms with Gasteiger partial charge in [-0.2, -0.15) is 5.26 Å². The average Bonchev–Trinajstić information content (AvgIpc) is 3.28. The van der Waals surface area contributed by atoms with Crippen LogP contribution in [0.1, 0.15) is 22.3 Å². The van der Waals surface area contributed by atoms with Crippen molar-refractivity contribution < 1.29 is 8.98 Å². The Morgan fingerprint density at radius 1 is 0.703 bits per heavy atom. The van der Waals surface area contributed by atoms with Crippen molar-refractivity contribution in [3.8, 4) is 39.6 Å². The van der Waals surface area contributed by atoms with E-state index in [2.05, 4.69) is 117 Å². The number of nitrogens with zero attached hydrogens (tertiary/aromatic N) is 2. The Balaban J connectivity index is 1.61. The smallest absolute Gasteiger partial charge is 0.216 e. The topological polar surface area (TPSA) is 40.8 Å². The summed E-state index contributed by atoms with van der Waals surface area (Å²) in [5.41, 5.74) is 12.1. The van der Waals surface area contributed by atoms with E-state index in [0.717, 1.165) is 55.4 Å². The van der Waals surface area contributed by atoms with Gasteiger partial charge in [0.15, 0.2) is 6.20 Å². The van der Waals surface area contributed by atoms with E-state index >= 15 is 0 Å². The molecule has 3 nitrogen and oxygen atoms in total. The van der Waals surface area contributed by atoms with Gasteiger partial charge in [0, 0.05) is 28.5 Å². The summed E-state index contributed by atoms with van der Waals surface area (Å²) in [7, 11) is 2.06. The van der Waals surface area contributed by atoms with Crippen molar-refractivity contribution >= 4 is 21.9 Å². The predicted molar refractivity (Wildman–Crippen MR) is 150 cm³/mol. The lowest BCUT2D eigenvalue weighted by Gasteiger charge is -2.09. The van der Waals surface area contributed by atoms with Gasteiger partial charge in [0.25, 0.3) is 0 Å². The minimum Gasteiger partial charge on any atom is -0.454 e. The maximum absolute atomic E-state index is 10.0. The third-order valence-electron chi connectivity index (χ3n) is 7.33. The quantitative estimate of drug-likeness (QED) is 0.240. The summed E-state index contributed by atoms with van der Waals surface area (Å²) in [5, 5.41) is 12.1. The van der Waals surface area contributed by atoms with Gasteiger partial charge in [-0.05, 0) is 66.3 Å². The fourth-order valence-electron chi connectivity index (χ4n) is 5.34. The van der Waals surface area contributed by atoms with Crippen molar-refractivity contribution in [2.24, 2.45) is 7.05 Å². The van der Waals surface area contributed by atoms with Crippen LogP contribution in [0.4, 0.5) is 0 Å². The summed E-state index contributed by atoms with van der Waals surface area (Å²) >= 11 is 0. The van der Waals surface area contributed by atoms with Crippen LogP contribution in [-0.2, 0) is 7.05 Å². The highest BCUT2D eigenvalue weighted by molar-refractivity contribution is 6.14. The lowest BCUT2D eigenvalue weighted by Crippen LogP contribution is -2.30. The van der Waals surface area contributed by atoms with Crippen LogP contribution in [-0.4, -0.2) is 0 Å². The summed E-state index contributed by atoms with van der Waals surface area (Å²) in [6, 6.07) is 31.7. The highest BCUT2D eigenvalue weighted by atomic mass is 16.3. The molecule has 4 aromatic carbocycles. The standard InChI is InChI=1S/C34H27N2O/c1-21-17-18-36(4)30(19-21)31-23(3)9-15-28-29-16-14-26(20-35)32(34(29)37-33(28)31)25-12-10-24(11-13-25)27-8-6-5-7-22(27)2/h5-19H,1-4H3/q+1. The predicted octanol–water partition coefficient (Wildman–Crippen LogP) is 8.21. The first-order chi connectivity index (χ1) is 18.0. The van der Waals surface area contributed by atoms with Crippen molar-refractivity contribution in [2.75, 3.05) is 0 Å². The number of fused-ring (bicyclic) bond motifs is 3. The van der Waals surface area contributed by atoms with Gasteiger partial charge in [0.1, 0.15) is 18.2 Å². The molecule has 2 aromatic heterocycles. The number of aryl methyl sites for hydroxylation is 4. The van der Waals surface area contributed by atoms with E-state index in [1.54, 1.807) is 0 Å². The van der Waals surface area contributed by atoms with Gasteiger partial charge < -0.3 is 4.42 Å². The van der Waals surface area contributed by atoms with Crippen molar-refractivity contribution in [3.05, 3.63) is 113 Å². The zero-order valence-electron chi connectivity index (χ0n) is 21.5. The Kier molecular flexibility index (Phi) is 5.39. The van der Waals surface area contributed by atoms with Gasteiger partial charge in [-0.3, -0.25) is 0 Å². The fourth-order valence-corrected chi connectivity index (χ4v) is 5.34. The highest BCUT2D eigenvalue weighted by Gasteiger charge is 2.23. The minimum absolute atomic E-state index is 0.606. The Morgan fingerprint density at radius 2 is 1.38 bits per heavy atom. The van der Waals surface area contributed by atoms with Crippen LogP contribution in [0.5, 0.6) is 0 Å². The van der Waals surface area contributed by atoms with Crippen LogP contribution in [0.15, 0.2) is 95.5 Å². The summed E-state index contributed by atoms with van der Waals surface area (Å²) in [4.78, 5) is 0. The Labute approximate surface area is 216 Å². The van der Waals surface area contributed by atoms with Gasteiger partial charge in [-0.15, -0.1) is 0 Å². The van der Waals surface area contributed by atoms with Crippen LogP contribution >= 0.6 is 0 Å². The number of aromatic nitrogens is 1. The molecule has 6 rings (SSSR count). The van der Waals surface area contributed by atoms with Crippen molar-refractivity contribution in [1.82, 2.24) is 0 Å². The Bertz CT molecular complexity index is 1870. The SMILES string of the molecule is Cc1cc[n+](C)c(-c2c(C)ccc3c2oc2c(-c4ccc(-c5ccccc5C)cc4)c(C#N)ccc23)c1. The van der Waals surface area contributed by atoms with Gasteiger partial charge >= 0.3 is 0 Å².